The van der Waals surface area contributed by atoms with Crippen molar-refractivity contribution in [2.75, 3.05) is 0 Å². The average molecular weight is 534 g/mol. The number of aryl methyl sites for hydroxylation is 2. The highest BCUT2D eigenvalue weighted by Crippen LogP contribution is 2.28. The molecule has 0 aliphatic heterocycles. The summed E-state index contributed by atoms with van der Waals surface area (Å²) in [4.78, 5) is 26.5. The molecule has 1 atom stereocenters. The van der Waals surface area contributed by atoms with Crippen LogP contribution in [0.25, 0.3) is 11.3 Å². The van der Waals surface area contributed by atoms with Crippen LogP contribution in [0.1, 0.15) is 28.4 Å². The summed E-state index contributed by atoms with van der Waals surface area (Å²) in [6.45, 7) is 3.91. The molecule has 2 heterocycles. The molecule has 0 aliphatic carbocycles. The fourth-order valence-electron chi connectivity index (χ4n) is 3.90. The van der Waals surface area contributed by atoms with E-state index in [9.17, 15) is 13.6 Å². The van der Waals surface area contributed by atoms with E-state index in [0.29, 0.717) is 22.0 Å². The van der Waals surface area contributed by atoms with E-state index in [4.69, 9.17) is 11.6 Å². The van der Waals surface area contributed by atoms with Gasteiger partial charge in [0.2, 0.25) is 5.91 Å². The van der Waals surface area contributed by atoms with Gasteiger partial charge in [0.25, 0.3) is 0 Å². The number of amides is 1. The van der Waals surface area contributed by atoms with Crippen LogP contribution in [0.3, 0.4) is 0 Å². The second-order valence-corrected chi connectivity index (χ2v) is 9.27. The molecule has 0 aliphatic rings. The van der Waals surface area contributed by atoms with Gasteiger partial charge in [-0.05, 0) is 73.4 Å². The molecule has 194 valence electrons. The number of hydrogen-bond donors (Lipinski definition) is 1. The van der Waals surface area contributed by atoms with Crippen molar-refractivity contribution in [1.82, 2.24) is 24.8 Å². The lowest BCUT2D eigenvalue weighted by molar-refractivity contribution is -0.122. The number of carbonyl (C=O) groups excluding carboxylic acids is 1. The Bertz CT molecular complexity index is 1470. The molecule has 0 saturated heterocycles. The number of halogens is 3. The second-order valence-electron chi connectivity index (χ2n) is 8.83. The van der Waals surface area contributed by atoms with Gasteiger partial charge >= 0.3 is 0 Å². The maximum atomic E-state index is 14.0. The Kier molecular flexibility index (Phi) is 8.76. The molecule has 2 aromatic heterocycles. The van der Waals surface area contributed by atoms with Gasteiger partial charge in [-0.25, -0.2) is 13.8 Å². The predicted molar refractivity (Wildman–Crippen MR) is 143 cm³/mol. The normalized spacial score (nSPS) is 11.5. The second kappa shape index (κ2) is 12.4. The number of nitrogens with one attached hydrogen (secondary N) is 1. The van der Waals surface area contributed by atoms with Crippen LogP contribution in [-0.2, 0) is 17.8 Å². The summed E-state index contributed by atoms with van der Waals surface area (Å²) < 4.78 is 29.6. The Labute approximate surface area is 224 Å². The zero-order valence-corrected chi connectivity index (χ0v) is 21.7. The molecule has 1 N–H and O–H groups in total. The highest BCUT2D eigenvalue weighted by Gasteiger charge is 2.22. The van der Waals surface area contributed by atoms with Crippen molar-refractivity contribution in [3.8, 4) is 11.3 Å². The van der Waals surface area contributed by atoms with Crippen LogP contribution in [0.4, 0.5) is 8.78 Å². The third-order valence-corrected chi connectivity index (χ3v) is 6.21. The smallest absolute Gasteiger partial charge is 0.240 e. The number of rotatable bonds is 7. The van der Waals surface area contributed by atoms with Gasteiger partial charge in [-0.2, -0.15) is 0 Å². The van der Waals surface area contributed by atoms with Crippen molar-refractivity contribution in [2.45, 2.75) is 32.9 Å². The number of benzene rings is 2. The highest BCUT2D eigenvalue weighted by molar-refractivity contribution is 6.30. The first-order valence-corrected chi connectivity index (χ1v) is 12.3. The van der Waals surface area contributed by atoms with Crippen molar-refractivity contribution in [3.05, 3.63) is 125 Å². The van der Waals surface area contributed by atoms with E-state index < -0.39 is 17.7 Å². The van der Waals surface area contributed by atoms with Gasteiger partial charge in [0.15, 0.2) is 0 Å². The topological polar surface area (TPSA) is 72.7 Å². The van der Waals surface area contributed by atoms with Crippen LogP contribution in [0, 0.1) is 25.5 Å². The van der Waals surface area contributed by atoms with Gasteiger partial charge in [0.05, 0.1) is 23.8 Å². The molecule has 0 fully saturated rings. The minimum atomic E-state index is -0.731. The molecule has 0 spiro atoms. The molecule has 9 heteroatoms. The van der Waals surface area contributed by atoms with E-state index >= 15 is 0 Å². The fourth-order valence-corrected chi connectivity index (χ4v) is 4.03. The molecule has 0 bridgehead atoms. The van der Waals surface area contributed by atoms with Gasteiger partial charge in [0, 0.05) is 41.4 Å². The third kappa shape index (κ3) is 7.20. The summed E-state index contributed by atoms with van der Waals surface area (Å²) in [7, 11) is 0. The Hall–Kier alpha value is -4.17. The molecule has 4 aromatic rings. The molecular formula is C29H26ClF2N5O. The minimum Gasteiger partial charge on any atom is -0.346 e. The van der Waals surface area contributed by atoms with Crippen LogP contribution in [0.15, 0.2) is 85.7 Å². The summed E-state index contributed by atoms with van der Waals surface area (Å²) in [5.74, 6) is -1.74. The number of hydrogen-bond acceptors (Lipinski definition) is 4. The molecule has 6 nitrogen and oxygen atoms in total. The molecule has 4 rings (SSSR count). The predicted octanol–water partition coefficient (Wildman–Crippen LogP) is 6.11. The highest BCUT2D eigenvalue weighted by atomic mass is 35.5. The molecule has 2 aromatic carbocycles. The van der Waals surface area contributed by atoms with Crippen molar-refractivity contribution < 1.29 is 13.6 Å². The number of carbonyl (C=O) groups is 1. The van der Waals surface area contributed by atoms with Crippen LogP contribution in [-0.4, -0.2) is 25.4 Å². The zero-order chi connectivity index (χ0) is 27.1. The van der Waals surface area contributed by atoms with Crippen molar-refractivity contribution in [2.24, 2.45) is 0 Å². The maximum Gasteiger partial charge on any atom is 0.240 e. The quantitative estimate of drug-likeness (QED) is 0.311. The first-order valence-electron chi connectivity index (χ1n) is 11.9. The molecule has 1 unspecified atom stereocenters. The maximum absolute atomic E-state index is 14.0. The van der Waals surface area contributed by atoms with E-state index in [1.807, 2.05) is 26.0 Å². The zero-order valence-electron chi connectivity index (χ0n) is 20.9. The first kappa shape index (κ1) is 26.9. The van der Waals surface area contributed by atoms with E-state index in [2.05, 4.69) is 20.3 Å². The van der Waals surface area contributed by atoms with Gasteiger partial charge in [-0.1, -0.05) is 23.7 Å². The van der Waals surface area contributed by atoms with Gasteiger partial charge < -0.3 is 9.88 Å². The molecule has 1 amide bonds. The van der Waals surface area contributed by atoms with Gasteiger partial charge in [-0.15, -0.1) is 0 Å². The van der Waals surface area contributed by atoms with Crippen molar-refractivity contribution >= 4 is 17.5 Å². The molecule has 0 saturated carbocycles. The van der Waals surface area contributed by atoms with Crippen LogP contribution < -0.4 is 5.32 Å². The summed E-state index contributed by atoms with van der Waals surface area (Å²) in [5, 5.41) is 3.54. The molecule has 38 heavy (non-hydrogen) atoms. The van der Waals surface area contributed by atoms with Crippen molar-refractivity contribution in [3.63, 3.8) is 0 Å². The van der Waals surface area contributed by atoms with Crippen molar-refractivity contribution in [1.29, 1.82) is 0 Å². The average Bonchev–Trinajstić information content (AvgIpc) is 2.95. The lowest BCUT2D eigenvalue weighted by Gasteiger charge is -2.21. The van der Waals surface area contributed by atoms with E-state index in [0.717, 1.165) is 22.8 Å². The standard InChI is InChI=1S/C29H26ClF2N5O/c1-19-7-9-33-18-37(12-8-20(19)2)17-27(38)36-26(15-21-13-24(31)16-25(32)14-21)29-28(34-10-11-35-29)22-3-5-23(30)6-4-22/h3-14,16,18,26H,15,17H2,1-2H3,(H,36,38). The first-order chi connectivity index (χ1) is 18.3. The lowest BCUT2D eigenvalue weighted by Crippen LogP contribution is -2.33. The third-order valence-electron chi connectivity index (χ3n) is 5.96. The molecule has 0 radical (unpaired) electrons. The van der Waals surface area contributed by atoms with E-state index in [1.165, 1.54) is 18.3 Å². The largest absolute Gasteiger partial charge is 0.346 e. The van der Waals surface area contributed by atoms with Crippen LogP contribution in [0.5, 0.6) is 0 Å². The summed E-state index contributed by atoms with van der Waals surface area (Å²) in [5.41, 5.74) is 4.18. The Morgan fingerprint density at radius 2 is 1.63 bits per heavy atom. The Balaban J connectivity index is 1.69. The monoisotopic (exact) mass is 533 g/mol. The Morgan fingerprint density at radius 1 is 0.947 bits per heavy atom. The van der Waals surface area contributed by atoms with E-state index in [1.54, 1.807) is 53.8 Å². The van der Waals surface area contributed by atoms with Gasteiger partial charge in [0.1, 0.15) is 18.2 Å². The van der Waals surface area contributed by atoms with Crippen LogP contribution >= 0.6 is 11.6 Å². The summed E-state index contributed by atoms with van der Waals surface area (Å²) in [6, 6.07) is 13.4. The van der Waals surface area contributed by atoms with Crippen LogP contribution in [0.2, 0.25) is 5.02 Å². The summed E-state index contributed by atoms with van der Waals surface area (Å²) >= 11 is 6.06. The van der Waals surface area contributed by atoms with Gasteiger partial charge in [-0.3, -0.25) is 14.8 Å². The van der Waals surface area contributed by atoms with E-state index in [-0.39, 0.29) is 18.9 Å². The minimum absolute atomic E-state index is 0.0370. The SMILES string of the molecule is Cc1ccncn(CC(=O)NC(Cc2cc(F)cc(F)c2)c2nccnc2-c2ccc(Cl)cc2)ccc1C. The fraction of sp³-hybridized carbons (Fsp3) is 0.172. The molecular weight excluding hydrogens is 508 g/mol. The Morgan fingerprint density at radius 3 is 2.37 bits per heavy atom. The lowest BCUT2D eigenvalue weighted by atomic mass is 9.98. The number of aromatic nitrogens is 4. The summed E-state index contributed by atoms with van der Waals surface area (Å²) in [6.07, 6.45) is 8.14. The number of nitrogens with zero attached hydrogens (tertiary/aromatic N) is 4.